The molecule has 0 saturated carbocycles. The molecule has 0 saturated heterocycles. The van der Waals surface area contributed by atoms with Crippen molar-refractivity contribution in [2.24, 2.45) is 0 Å². The SMILES string of the molecule is C=CCO[Si](=O)O.[TeH2]. The maximum absolute atomic E-state index is 9.67. The average molecular weight is 248 g/mol. The van der Waals surface area contributed by atoms with Gasteiger partial charge in [0.1, 0.15) is 0 Å². The van der Waals surface area contributed by atoms with E-state index in [0.29, 0.717) is 0 Å². The Balaban J connectivity index is 0. The van der Waals surface area contributed by atoms with Crippen molar-refractivity contribution in [1.82, 2.24) is 0 Å². The predicted octanol–water partition coefficient (Wildman–Crippen LogP) is -1.32. The van der Waals surface area contributed by atoms with E-state index in [9.17, 15) is 4.46 Å². The molecule has 0 unspecified atom stereocenters. The average Bonchev–Trinajstić information content (AvgIpc) is 1.61. The summed E-state index contributed by atoms with van der Waals surface area (Å²) in [6.07, 6.45) is 1.42. The molecular formula is C3H8O3SiTe. The molecule has 0 radical (unpaired) electrons. The van der Waals surface area contributed by atoms with E-state index >= 15 is 0 Å². The first-order valence-corrected chi connectivity index (χ1v) is 3.00. The molecular weight excluding hydrogens is 240 g/mol. The summed E-state index contributed by atoms with van der Waals surface area (Å²) in [5.41, 5.74) is 0. The summed E-state index contributed by atoms with van der Waals surface area (Å²) in [5.74, 6) is 0. The molecule has 5 heteroatoms. The third-order valence-electron chi connectivity index (χ3n) is 0.325. The van der Waals surface area contributed by atoms with E-state index in [0.717, 1.165) is 0 Å². The second kappa shape index (κ2) is 7.15. The van der Waals surface area contributed by atoms with Gasteiger partial charge in [-0.05, 0) is 0 Å². The van der Waals surface area contributed by atoms with Gasteiger partial charge in [0.25, 0.3) is 0 Å². The Morgan fingerprint density at radius 1 is 1.88 bits per heavy atom. The Hall–Kier alpha value is 0.146. The number of hydrogen-bond acceptors (Lipinski definition) is 2. The van der Waals surface area contributed by atoms with Crippen molar-refractivity contribution in [3.05, 3.63) is 12.7 Å². The monoisotopic (exact) mass is 250 g/mol. The van der Waals surface area contributed by atoms with Crippen LogP contribution in [0.4, 0.5) is 0 Å². The summed E-state index contributed by atoms with van der Waals surface area (Å²) in [6.45, 7) is 3.42. The van der Waals surface area contributed by atoms with E-state index in [1.807, 2.05) is 0 Å². The van der Waals surface area contributed by atoms with Crippen LogP contribution in [0.15, 0.2) is 12.7 Å². The van der Waals surface area contributed by atoms with Gasteiger partial charge in [-0.2, -0.15) is 0 Å². The molecule has 0 aromatic rings. The fourth-order valence-corrected chi connectivity index (χ4v) is 0.391. The Labute approximate surface area is 66.0 Å². The summed E-state index contributed by atoms with van der Waals surface area (Å²) >= 11 is 0. The van der Waals surface area contributed by atoms with E-state index in [4.69, 9.17) is 4.80 Å². The summed E-state index contributed by atoms with van der Waals surface area (Å²) in [4.78, 5) is 7.96. The van der Waals surface area contributed by atoms with E-state index in [1.165, 1.54) is 6.08 Å². The van der Waals surface area contributed by atoms with Gasteiger partial charge in [-0.15, -0.1) is 0 Å². The molecule has 0 amide bonds. The van der Waals surface area contributed by atoms with E-state index in [1.54, 1.807) is 0 Å². The van der Waals surface area contributed by atoms with Crippen LogP contribution in [0.25, 0.3) is 0 Å². The van der Waals surface area contributed by atoms with Crippen LogP contribution in [-0.4, -0.2) is 44.2 Å². The van der Waals surface area contributed by atoms with Crippen molar-refractivity contribution in [2.75, 3.05) is 6.61 Å². The zero-order chi connectivity index (χ0) is 5.70. The van der Waals surface area contributed by atoms with Crippen molar-refractivity contribution in [1.29, 1.82) is 0 Å². The van der Waals surface area contributed by atoms with Crippen molar-refractivity contribution < 1.29 is 13.7 Å². The van der Waals surface area contributed by atoms with Crippen molar-refractivity contribution in [2.45, 2.75) is 0 Å². The van der Waals surface area contributed by atoms with Crippen LogP contribution in [0.3, 0.4) is 0 Å². The van der Waals surface area contributed by atoms with Crippen LogP contribution in [-0.2, 0) is 8.89 Å². The molecule has 3 nitrogen and oxygen atoms in total. The second-order valence-electron chi connectivity index (χ2n) is 0.866. The van der Waals surface area contributed by atoms with Gasteiger partial charge < -0.3 is 9.22 Å². The summed E-state index contributed by atoms with van der Waals surface area (Å²) < 4.78 is 13.8. The van der Waals surface area contributed by atoms with E-state index < -0.39 is 9.17 Å². The Morgan fingerprint density at radius 2 is 2.38 bits per heavy atom. The molecule has 0 aromatic carbocycles. The molecule has 0 aliphatic heterocycles. The first kappa shape index (κ1) is 11.0. The zero-order valence-electron chi connectivity index (χ0n) is 4.26. The third-order valence-corrected chi connectivity index (χ3v) is 0.738. The van der Waals surface area contributed by atoms with Gasteiger partial charge in [0.05, 0.1) is 6.61 Å². The molecule has 48 valence electrons. The van der Waals surface area contributed by atoms with Crippen LogP contribution in [0.1, 0.15) is 0 Å². The molecule has 0 fully saturated rings. The standard InChI is InChI=1S/C3H6O3Si.H2Te/c1-2-3-6-7(4)5;/h2,4H,1,3H2;1H2. The van der Waals surface area contributed by atoms with Crippen LogP contribution in [0.2, 0.25) is 0 Å². The van der Waals surface area contributed by atoms with E-state index in [2.05, 4.69) is 11.0 Å². The molecule has 0 rings (SSSR count). The predicted molar refractivity (Wildman–Crippen MR) is 33.4 cm³/mol. The Morgan fingerprint density at radius 3 is 2.50 bits per heavy atom. The van der Waals surface area contributed by atoms with Crippen LogP contribution in [0.5, 0.6) is 0 Å². The van der Waals surface area contributed by atoms with Gasteiger partial charge >= 0.3 is 32.8 Å². The molecule has 0 heterocycles. The summed E-state index contributed by atoms with van der Waals surface area (Å²) in [5, 5.41) is 0. The quantitative estimate of drug-likeness (QED) is 0.497. The van der Waals surface area contributed by atoms with Gasteiger partial charge in [0.15, 0.2) is 0 Å². The molecule has 1 N–H and O–H groups in total. The van der Waals surface area contributed by atoms with Gasteiger partial charge in [-0.3, -0.25) is 4.46 Å². The minimum atomic E-state index is -2.72. The van der Waals surface area contributed by atoms with Gasteiger partial charge in [0.2, 0.25) is 0 Å². The number of hydrogen-bond donors (Lipinski definition) is 1. The first-order chi connectivity index (χ1) is 3.27. The fraction of sp³-hybridized carbons (Fsp3) is 0.333. The minimum absolute atomic E-state index is 0. The van der Waals surface area contributed by atoms with Crippen molar-refractivity contribution >= 4 is 32.8 Å². The van der Waals surface area contributed by atoms with Crippen molar-refractivity contribution in [3.63, 3.8) is 0 Å². The third kappa shape index (κ3) is 9.47. The zero-order valence-corrected chi connectivity index (χ0v) is 8.11. The van der Waals surface area contributed by atoms with Crippen LogP contribution < -0.4 is 0 Å². The molecule has 0 aliphatic carbocycles. The Bertz CT molecular complexity index is 84.6. The fourth-order valence-electron chi connectivity index (χ4n) is 0.130. The molecule has 0 spiro atoms. The van der Waals surface area contributed by atoms with Crippen LogP contribution in [0, 0.1) is 0 Å². The molecule has 0 bridgehead atoms. The van der Waals surface area contributed by atoms with Gasteiger partial charge in [-0.25, -0.2) is 0 Å². The normalized spacial score (nSPS) is 6.50. The molecule has 0 aliphatic rings. The molecule has 0 aromatic heterocycles. The van der Waals surface area contributed by atoms with Gasteiger partial charge in [0, 0.05) is 0 Å². The molecule has 0 atom stereocenters. The summed E-state index contributed by atoms with van der Waals surface area (Å²) in [7, 11) is -2.72. The van der Waals surface area contributed by atoms with E-state index in [-0.39, 0.29) is 30.3 Å². The second-order valence-corrected chi connectivity index (χ2v) is 1.69. The van der Waals surface area contributed by atoms with Gasteiger partial charge in [-0.1, -0.05) is 12.7 Å². The first-order valence-electron chi connectivity index (χ1n) is 1.74. The number of rotatable bonds is 3. The molecule has 8 heavy (non-hydrogen) atoms. The Kier molecular flexibility index (Phi) is 9.84. The topological polar surface area (TPSA) is 46.5 Å². The van der Waals surface area contributed by atoms with Crippen molar-refractivity contribution in [3.8, 4) is 0 Å². The summed E-state index contributed by atoms with van der Waals surface area (Å²) in [6, 6.07) is 0. The maximum atomic E-state index is 9.67. The van der Waals surface area contributed by atoms with Crippen LogP contribution >= 0.6 is 0 Å².